The van der Waals surface area contributed by atoms with Crippen molar-refractivity contribution >= 4 is 11.5 Å². The molecule has 4 heterocycles. The summed E-state index contributed by atoms with van der Waals surface area (Å²) in [6.07, 6.45) is 1.84. The largest absolute Gasteiger partial charge is 0.353 e. The van der Waals surface area contributed by atoms with Crippen molar-refractivity contribution in [3.8, 4) is 0 Å². The Kier molecular flexibility index (Phi) is 3.36. The normalized spacial score (nSPS) is 16.3. The van der Waals surface area contributed by atoms with Crippen molar-refractivity contribution in [1.82, 2.24) is 35.1 Å². The van der Waals surface area contributed by atoms with E-state index in [0.29, 0.717) is 5.65 Å². The predicted octanol–water partition coefficient (Wildman–Crippen LogP) is 0.236. The summed E-state index contributed by atoms with van der Waals surface area (Å²) in [6, 6.07) is 9.91. The van der Waals surface area contributed by atoms with Crippen LogP contribution in [0.4, 0.5) is 5.82 Å². The van der Waals surface area contributed by atoms with Crippen LogP contribution in [0, 0.1) is 0 Å². The van der Waals surface area contributed by atoms with Gasteiger partial charge in [0.1, 0.15) is 0 Å². The molecule has 0 unspecified atom stereocenters. The molecule has 0 bridgehead atoms. The second kappa shape index (κ2) is 5.64. The number of hydrogen-bond donors (Lipinski definition) is 0. The summed E-state index contributed by atoms with van der Waals surface area (Å²) in [5, 5.41) is 15.8. The van der Waals surface area contributed by atoms with Gasteiger partial charge in [0.25, 0.3) is 0 Å². The molecule has 0 N–H and O–H groups in total. The molecule has 0 radical (unpaired) electrons. The van der Waals surface area contributed by atoms with Crippen LogP contribution in [0.15, 0.2) is 36.5 Å². The fraction of sp³-hybridized carbons (Fsp3) is 0.357. The van der Waals surface area contributed by atoms with Gasteiger partial charge < -0.3 is 4.90 Å². The SMILES string of the molecule is c1ccc(CN2CCN(c3ccc4nnnn4n3)CC2)nc1. The highest BCUT2D eigenvalue weighted by atomic mass is 15.6. The van der Waals surface area contributed by atoms with Gasteiger partial charge in [0.15, 0.2) is 11.5 Å². The molecule has 0 aliphatic carbocycles. The Balaban J connectivity index is 1.41. The second-order valence-corrected chi connectivity index (χ2v) is 5.30. The number of pyridine rings is 1. The minimum Gasteiger partial charge on any atom is -0.353 e. The van der Waals surface area contributed by atoms with Crippen molar-refractivity contribution in [2.45, 2.75) is 6.54 Å². The summed E-state index contributed by atoms with van der Waals surface area (Å²) in [4.78, 5) is 9.06. The van der Waals surface area contributed by atoms with Crippen LogP contribution in [0.25, 0.3) is 5.65 Å². The molecule has 1 aliphatic rings. The average Bonchev–Trinajstić information content (AvgIpc) is 3.04. The maximum Gasteiger partial charge on any atom is 0.200 e. The molecule has 1 saturated heterocycles. The lowest BCUT2D eigenvalue weighted by Crippen LogP contribution is -2.46. The Hall–Kier alpha value is -2.61. The molecular weight excluding hydrogens is 280 g/mol. The summed E-state index contributed by atoms with van der Waals surface area (Å²) < 4.78 is 1.47. The molecule has 0 atom stereocenters. The van der Waals surface area contributed by atoms with E-state index in [4.69, 9.17) is 0 Å². The summed E-state index contributed by atoms with van der Waals surface area (Å²) >= 11 is 0. The Bertz CT molecular complexity index is 748. The van der Waals surface area contributed by atoms with Gasteiger partial charge in [-0.25, -0.2) is 0 Å². The van der Waals surface area contributed by atoms with Crippen molar-refractivity contribution in [3.63, 3.8) is 0 Å². The highest BCUT2D eigenvalue weighted by Crippen LogP contribution is 2.14. The molecule has 3 aromatic rings. The van der Waals surface area contributed by atoms with Crippen LogP contribution in [0.5, 0.6) is 0 Å². The standard InChI is InChI=1S/C14H16N8/c1-2-6-15-12(3-1)11-20-7-9-21(10-8-20)14-5-4-13-16-18-19-22(13)17-14/h1-6H,7-11H2. The number of tetrazole rings is 1. The number of hydrogen-bond acceptors (Lipinski definition) is 7. The number of aromatic nitrogens is 6. The molecule has 3 aromatic heterocycles. The van der Waals surface area contributed by atoms with Crippen molar-refractivity contribution in [1.29, 1.82) is 0 Å². The Morgan fingerprint density at radius 3 is 2.73 bits per heavy atom. The van der Waals surface area contributed by atoms with E-state index >= 15 is 0 Å². The molecule has 22 heavy (non-hydrogen) atoms. The zero-order chi connectivity index (χ0) is 14.8. The van der Waals surface area contributed by atoms with Gasteiger partial charge in [-0.15, -0.1) is 14.8 Å². The molecule has 8 nitrogen and oxygen atoms in total. The van der Waals surface area contributed by atoms with E-state index in [1.165, 1.54) is 4.63 Å². The fourth-order valence-corrected chi connectivity index (χ4v) is 2.66. The average molecular weight is 296 g/mol. The van der Waals surface area contributed by atoms with Crippen molar-refractivity contribution in [2.75, 3.05) is 31.1 Å². The first-order valence-corrected chi connectivity index (χ1v) is 7.31. The highest BCUT2D eigenvalue weighted by molar-refractivity contribution is 5.44. The molecule has 0 aromatic carbocycles. The Morgan fingerprint density at radius 1 is 1.00 bits per heavy atom. The lowest BCUT2D eigenvalue weighted by molar-refractivity contribution is 0.246. The Labute approximate surface area is 127 Å². The predicted molar refractivity (Wildman–Crippen MR) is 80.3 cm³/mol. The minimum absolute atomic E-state index is 0.664. The van der Waals surface area contributed by atoms with Gasteiger partial charge in [0.05, 0.1) is 5.69 Å². The van der Waals surface area contributed by atoms with Crippen LogP contribution in [-0.4, -0.2) is 61.3 Å². The molecule has 0 saturated carbocycles. The van der Waals surface area contributed by atoms with Crippen molar-refractivity contribution < 1.29 is 0 Å². The topological polar surface area (TPSA) is 75.3 Å². The van der Waals surface area contributed by atoms with Crippen molar-refractivity contribution in [2.24, 2.45) is 0 Å². The molecule has 8 heteroatoms. The van der Waals surface area contributed by atoms with E-state index in [1.54, 1.807) is 0 Å². The first-order valence-electron chi connectivity index (χ1n) is 7.31. The highest BCUT2D eigenvalue weighted by Gasteiger charge is 2.19. The first kappa shape index (κ1) is 13.1. The molecule has 1 aliphatic heterocycles. The molecular formula is C14H16N8. The van der Waals surface area contributed by atoms with Gasteiger partial charge in [0, 0.05) is 38.9 Å². The van der Waals surface area contributed by atoms with Gasteiger partial charge in [-0.2, -0.15) is 0 Å². The smallest absolute Gasteiger partial charge is 0.200 e. The zero-order valence-electron chi connectivity index (χ0n) is 12.1. The molecule has 4 rings (SSSR count). The third-order valence-corrected chi connectivity index (χ3v) is 3.86. The number of rotatable bonds is 3. The van der Waals surface area contributed by atoms with Crippen LogP contribution >= 0.6 is 0 Å². The third-order valence-electron chi connectivity index (χ3n) is 3.86. The maximum atomic E-state index is 4.44. The summed E-state index contributed by atoms with van der Waals surface area (Å²) in [5.41, 5.74) is 1.78. The molecule has 0 spiro atoms. The summed E-state index contributed by atoms with van der Waals surface area (Å²) in [6.45, 7) is 4.76. The van der Waals surface area contributed by atoms with Gasteiger partial charge in [0.2, 0.25) is 0 Å². The van der Waals surface area contributed by atoms with Gasteiger partial charge in [-0.3, -0.25) is 9.88 Å². The molecule has 0 amide bonds. The molecule has 112 valence electrons. The number of anilines is 1. The van der Waals surface area contributed by atoms with E-state index in [-0.39, 0.29) is 0 Å². The van der Waals surface area contributed by atoms with Crippen LogP contribution in [0.2, 0.25) is 0 Å². The summed E-state index contributed by atoms with van der Waals surface area (Å²) in [7, 11) is 0. The third kappa shape index (κ3) is 2.60. The fourth-order valence-electron chi connectivity index (χ4n) is 2.66. The van der Waals surface area contributed by atoms with Gasteiger partial charge in [-0.05, 0) is 34.7 Å². The number of piperazine rings is 1. The van der Waals surface area contributed by atoms with E-state index in [1.807, 2.05) is 30.5 Å². The van der Waals surface area contributed by atoms with Crippen molar-refractivity contribution in [3.05, 3.63) is 42.2 Å². The number of fused-ring (bicyclic) bond motifs is 1. The lowest BCUT2D eigenvalue weighted by Gasteiger charge is -2.34. The van der Waals surface area contributed by atoms with E-state index in [9.17, 15) is 0 Å². The quantitative estimate of drug-likeness (QED) is 0.685. The van der Waals surface area contributed by atoms with Crippen LogP contribution < -0.4 is 4.90 Å². The van der Waals surface area contributed by atoms with Crippen LogP contribution in [0.1, 0.15) is 5.69 Å². The maximum absolute atomic E-state index is 4.44. The monoisotopic (exact) mass is 296 g/mol. The van der Waals surface area contributed by atoms with Gasteiger partial charge in [-0.1, -0.05) is 6.07 Å². The van der Waals surface area contributed by atoms with Gasteiger partial charge >= 0.3 is 0 Å². The number of nitrogens with zero attached hydrogens (tertiary/aromatic N) is 8. The Morgan fingerprint density at radius 2 is 1.91 bits per heavy atom. The second-order valence-electron chi connectivity index (χ2n) is 5.30. The van der Waals surface area contributed by atoms with E-state index in [0.717, 1.165) is 44.2 Å². The van der Waals surface area contributed by atoms with E-state index < -0.39 is 0 Å². The van der Waals surface area contributed by atoms with Crippen LogP contribution in [-0.2, 0) is 6.54 Å². The first-order chi connectivity index (χ1) is 10.9. The lowest BCUT2D eigenvalue weighted by atomic mass is 10.2. The summed E-state index contributed by atoms with van der Waals surface area (Å²) in [5.74, 6) is 0.914. The van der Waals surface area contributed by atoms with E-state index in [2.05, 4.69) is 41.5 Å². The minimum atomic E-state index is 0.664. The molecule has 1 fully saturated rings. The van der Waals surface area contributed by atoms with Crippen LogP contribution in [0.3, 0.4) is 0 Å². The zero-order valence-corrected chi connectivity index (χ0v) is 12.1.